The van der Waals surface area contributed by atoms with E-state index in [0.29, 0.717) is 6.04 Å². The zero-order valence-electron chi connectivity index (χ0n) is 12.2. The average Bonchev–Trinajstić information content (AvgIpc) is 2.48. The van der Waals surface area contributed by atoms with Crippen LogP contribution in [-0.4, -0.2) is 29.2 Å². The Hall–Kier alpha value is -1.45. The number of nitrogens with zero attached hydrogens (tertiary/aromatic N) is 1. The summed E-state index contributed by atoms with van der Waals surface area (Å²) in [4.78, 5) is 3.97. The van der Waals surface area contributed by atoms with Gasteiger partial charge in [-0.25, -0.2) is 4.21 Å². The number of benzene rings is 2. The highest BCUT2D eigenvalue weighted by Gasteiger charge is 2.14. The molecule has 2 aromatic carbocycles. The summed E-state index contributed by atoms with van der Waals surface area (Å²) in [6.07, 6.45) is 0.905. The van der Waals surface area contributed by atoms with Crippen LogP contribution >= 0.6 is 0 Å². The molecule has 3 heteroatoms. The van der Waals surface area contributed by atoms with Crippen LogP contribution in [0, 0.1) is 0 Å². The lowest BCUT2D eigenvalue weighted by Gasteiger charge is -2.21. The maximum absolute atomic E-state index is 12.7. The van der Waals surface area contributed by atoms with Gasteiger partial charge in [0, 0.05) is 15.8 Å². The molecule has 0 saturated heterocycles. The molecule has 0 saturated carbocycles. The van der Waals surface area contributed by atoms with Crippen molar-refractivity contribution in [3.05, 3.63) is 60.2 Å². The van der Waals surface area contributed by atoms with E-state index in [0.717, 1.165) is 21.8 Å². The molecule has 20 heavy (non-hydrogen) atoms. The summed E-state index contributed by atoms with van der Waals surface area (Å²) in [6, 6.07) is 18.1. The van der Waals surface area contributed by atoms with Gasteiger partial charge in [-0.1, -0.05) is 36.4 Å². The van der Waals surface area contributed by atoms with Crippen LogP contribution < -0.4 is 0 Å². The van der Waals surface area contributed by atoms with Gasteiger partial charge >= 0.3 is 0 Å². The lowest BCUT2D eigenvalue weighted by atomic mass is 10.1. The normalized spacial score (nSPS) is 14.2. The van der Waals surface area contributed by atoms with E-state index in [9.17, 15) is 4.21 Å². The van der Waals surface area contributed by atoms with E-state index in [4.69, 9.17) is 0 Å². The van der Waals surface area contributed by atoms with Gasteiger partial charge in [-0.15, -0.1) is 0 Å². The molecule has 0 aliphatic carbocycles. The van der Waals surface area contributed by atoms with Crippen LogP contribution in [0.1, 0.15) is 12.5 Å². The molecule has 0 aliphatic heterocycles. The van der Waals surface area contributed by atoms with Gasteiger partial charge in [-0.2, -0.15) is 0 Å². The Labute approximate surface area is 123 Å². The van der Waals surface area contributed by atoms with Crippen molar-refractivity contribution in [2.24, 2.45) is 0 Å². The predicted octanol–water partition coefficient (Wildman–Crippen LogP) is 3.35. The molecular weight excluding hydrogens is 266 g/mol. The van der Waals surface area contributed by atoms with Gasteiger partial charge in [0.15, 0.2) is 0 Å². The average molecular weight is 287 g/mol. The standard InChI is InChI=1S/C17H21NOS/c1-14(18(2)3)13-15-9-7-8-12-17(15)20(19)16-10-5-4-6-11-16/h4-12,14H,13H2,1-3H3/t14-,20-/m0/s1. The molecule has 2 aromatic rings. The van der Waals surface area contributed by atoms with Gasteiger partial charge in [0.1, 0.15) is 0 Å². The first kappa shape index (κ1) is 14.9. The second kappa shape index (κ2) is 6.82. The molecule has 0 radical (unpaired) electrons. The molecule has 0 unspecified atom stereocenters. The van der Waals surface area contributed by atoms with E-state index in [1.54, 1.807) is 0 Å². The highest BCUT2D eigenvalue weighted by Crippen LogP contribution is 2.21. The van der Waals surface area contributed by atoms with E-state index in [-0.39, 0.29) is 0 Å². The van der Waals surface area contributed by atoms with E-state index >= 15 is 0 Å². The Bertz CT molecular complexity index is 581. The molecule has 2 rings (SSSR count). The second-order valence-corrected chi connectivity index (χ2v) is 6.65. The summed E-state index contributed by atoms with van der Waals surface area (Å²) in [6.45, 7) is 2.18. The van der Waals surface area contributed by atoms with Gasteiger partial charge in [0.05, 0.1) is 10.8 Å². The summed E-state index contributed by atoms with van der Waals surface area (Å²) in [5.74, 6) is 0. The molecule has 0 spiro atoms. The minimum absolute atomic E-state index is 0.420. The van der Waals surface area contributed by atoms with Crippen LogP contribution in [0.15, 0.2) is 64.4 Å². The fraction of sp³-hybridized carbons (Fsp3) is 0.294. The second-order valence-electron chi connectivity index (χ2n) is 5.21. The molecule has 0 heterocycles. The van der Waals surface area contributed by atoms with Crippen LogP contribution in [0.5, 0.6) is 0 Å². The number of rotatable bonds is 5. The summed E-state index contributed by atoms with van der Waals surface area (Å²) in [7, 11) is 3.04. The molecule has 0 bridgehead atoms. The SMILES string of the molecule is C[C@@H](Cc1ccccc1[S@@](=O)c1ccccc1)N(C)C. The highest BCUT2D eigenvalue weighted by molar-refractivity contribution is 7.85. The Kier molecular flexibility index (Phi) is 5.10. The highest BCUT2D eigenvalue weighted by atomic mass is 32.2. The third kappa shape index (κ3) is 3.56. The topological polar surface area (TPSA) is 20.3 Å². The number of hydrogen-bond donors (Lipinski definition) is 0. The lowest BCUT2D eigenvalue weighted by molar-refractivity contribution is 0.311. The number of likely N-dealkylation sites (N-methyl/N-ethyl adjacent to an activating group) is 1. The molecule has 2 atom stereocenters. The molecular formula is C17H21NOS. The molecule has 106 valence electrons. The van der Waals surface area contributed by atoms with Crippen LogP contribution in [0.2, 0.25) is 0 Å². The maximum atomic E-state index is 12.7. The molecule has 0 fully saturated rings. The van der Waals surface area contributed by atoms with Crippen molar-refractivity contribution in [2.75, 3.05) is 14.1 Å². The zero-order chi connectivity index (χ0) is 14.5. The van der Waals surface area contributed by atoms with E-state index < -0.39 is 10.8 Å². The van der Waals surface area contributed by atoms with Gasteiger partial charge in [-0.3, -0.25) is 0 Å². The van der Waals surface area contributed by atoms with Gasteiger partial charge in [0.25, 0.3) is 0 Å². The first-order chi connectivity index (χ1) is 9.59. The van der Waals surface area contributed by atoms with Crippen molar-refractivity contribution in [1.82, 2.24) is 4.90 Å². The van der Waals surface area contributed by atoms with E-state index in [1.807, 2.05) is 48.5 Å². The molecule has 0 aliphatic rings. The fourth-order valence-corrected chi connectivity index (χ4v) is 3.28. The molecule has 0 aromatic heterocycles. The minimum atomic E-state index is -1.11. The Morgan fingerprint density at radius 3 is 2.25 bits per heavy atom. The third-order valence-electron chi connectivity index (χ3n) is 3.53. The van der Waals surface area contributed by atoms with Crippen molar-refractivity contribution in [3.8, 4) is 0 Å². The van der Waals surface area contributed by atoms with Crippen LogP contribution in [0.3, 0.4) is 0 Å². The predicted molar refractivity (Wildman–Crippen MR) is 84.4 cm³/mol. The van der Waals surface area contributed by atoms with Gasteiger partial charge in [0.2, 0.25) is 0 Å². The van der Waals surface area contributed by atoms with Gasteiger partial charge in [-0.05, 0) is 51.2 Å². The van der Waals surface area contributed by atoms with Crippen LogP contribution in [-0.2, 0) is 17.2 Å². The van der Waals surface area contributed by atoms with Crippen molar-refractivity contribution in [2.45, 2.75) is 29.2 Å². The first-order valence-electron chi connectivity index (χ1n) is 6.80. The first-order valence-corrected chi connectivity index (χ1v) is 7.95. The Morgan fingerprint density at radius 1 is 1.00 bits per heavy atom. The quantitative estimate of drug-likeness (QED) is 0.840. The Morgan fingerprint density at radius 2 is 1.60 bits per heavy atom. The van der Waals surface area contributed by atoms with Crippen LogP contribution in [0.25, 0.3) is 0 Å². The zero-order valence-corrected chi connectivity index (χ0v) is 13.1. The maximum Gasteiger partial charge on any atom is 0.0852 e. The monoisotopic (exact) mass is 287 g/mol. The summed E-state index contributed by atoms with van der Waals surface area (Å²) in [5, 5.41) is 0. The van der Waals surface area contributed by atoms with E-state index in [2.05, 4.69) is 32.0 Å². The summed E-state index contributed by atoms with van der Waals surface area (Å²) >= 11 is 0. The van der Waals surface area contributed by atoms with Crippen LogP contribution in [0.4, 0.5) is 0 Å². The van der Waals surface area contributed by atoms with E-state index in [1.165, 1.54) is 0 Å². The largest absolute Gasteiger partial charge is 0.306 e. The van der Waals surface area contributed by atoms with Crippen molar-refractivity contribution in [3.63, 3.8) is 0 Å². The van der Waals surface area contributed by atoms with Crippen molar-refractivity contribution >= 4 is 10.8 Å². The fourth-order valence-electron chi connectivity index (χ4n) is 2.03. The van der Waals surface area contributed by atoms with Gasteiger partial charge < -0.3 is 4.90 Å². The third-order valence-corrected chi connectivity index (χ3v) is 5.02. The summed E-state index contributed by atoms with van der Waals surface area (Å²) < 4.78 is 12.7. The molecule has 2 nitrogen and oxygen atoms in total. The smallest absolute Gasteiger partial charge is 0.0852 e. The summed E-state index contributed by atoms with van der Waals surface area (Å²) in [5.41, 5.74) is 1.16. The van der Waals surface area contributed by atoms with Crippen molar-refractivity contribution in [1.29, 1.82) is 0 Å². The molecule has 0 amide bonds. The number of hydrogen-bond acceptors (Lipinski definition) is 2. The van der Waals surface area contributed by atoms with Crippen molar-refractivity contribution < 1.29 is 4.21 Å². The Balaban J connectivity index is 2.31. The minimum Gasteiger partial charge on any atom is -0.306 e. The molecule has 0 N–H and O–H groups in total. The lowest BCUT2D eigenvalue weighted by Crippen LogP contribution is -2.27.